The van der Waals surface area contributed by atoms with E-state index in [-0.39, 0.29) is 5.91 Å². The van der Waals surface area contributed by atoms with Crippen LogP contribution in [0.2, 0.25) is 0 Å². The van der Waals surface area contributed by atoms with Crippen LogP contribution in [0.3, 0.4) is 0 Å². The van der Waals surface area contributed by atoms with Crippen molar-refractivity contribution in [2.24, 2.45) is 0 Å². The van der Waals surface area contributed by atoms with Crippen LogP contribution in [0.15, 0.2) is 24.3 Å². The SMILES string of the molecule is CNC(=O)Cc1ccc2c(C)cc(-c3c(C)nn(C(C)C)c3C)nc2c1. The summed E-state index contributed by atoms with van der Waals surface area (Å²) in [7, 11) is 1.65. The molecule has 5 nitrogen and oxygen atoms in total. The molecule has 0 radical (unpaired) electrons. The smallest absolute Gasteiger partial charge is 0.224 e. The number of carbonyl (C=O) groups excluding carboxylic acids is 1. The summed E-state index contributed by atoms with van der Waals surface area (Å²) in [6, 6.07) is 8.50. The molecule has 2 aromatic heterocycles. The van der Waals surface area contributed by atoms with Gasteiger partial charge in [0.25, 0.3) is 0 Å². The summed E-state index contributed by atoms with van der Waals surface area (Å²) in [5.41, 5.74) is 7.21. The number of rotatable bonds is 4. The average molecular weight is 350 g/mol. The summed E-state index contributed by atoms with van der Waals surface area (Å²) >= 11 is 0. The number of amides is 1. The molecule has 5 heteroatoms. The van der Waals surface area contributed by atoms with Gasteiger partial charge < -0.3 is 5.32 Å². The van der Waals surface area contributed by atoms with Gasteiger partial charge in [-0.1, -0.05) is 12.1 Å². The van der Waals surface area contributed by atoms with Gasteiger partial charge >= 0.3 is 0 Å². The first-order chi connectivity index (χ1) is 12.3. The Morgan fingerprint density at radius 3 is 2.54 bits per heavy atom. The van der Waals surface area contributed by atoms with E-state index in [2.05, 4.69) is 50.2 Å². The van der Waals surface area contributed by atoms with E-state index in [1.807, 2.05) is 23.7 Å². The van der Waals surface area contributed by atoms with Gasteiger partial charge in [0.15, 0.2) is 0 Å². The third-order valence-corrected chi connectivity index (χ3v) is 4.79. The van der Waals surface area contributed by atoms with Crippen LogP contribution in [-0.2, 0) is 11.2 Å². The predicted molar refractivity (Wildman–Crippen MR) is 105 cm³/mol. The number of likely N-dealkylation sites (N-methyl/N-ethyl adjacent to an activating group) is 1. The minimum atomic E-state index is 0.00197. The van der Waals surface area contributed by atoms with Crippen LogP contribution in [0.25, 0.3) is 22.2 Å². The zero-order chi connectivity index (χ0) is 19.0. The third-order valence-electron chi connectivity index (χ3n) is 4.79. The van der Waals surface area contributed by atoms with Gasteiger partial charge in [-0.05, 0) is 57.9 Å². The van der Waals surface area contributed by atoms with Crippen LogP contribution in [0.1, 0.15) is 42.4 Å². The van der Waals surface area contributed by atoms with Crippen LogP contribution >= 0.6 is 0 Å². The second kappa shape index (κ2) is 6.90. The number of hydrogen-bond acceptors (Lipinski definition) is 3. The second-order valence-electron chi connectivity index (χ2n) is 7.11. The van der Waals surface area contributed by atoms with Gasteiger partial charge in [0.2, 0.25) is 5.91 Å². The van der Waals surface area contributed by atoms with Crippen molar-refractivity contribution in [2.75, 3.05) is 7.05 Å². The Bertz CT molecular complexity index is 985. The molecule has 0 aliphatic heterocycles. The van der Waals surface area contributed by atoms with E-state index in [1.54, 1.807) is 7.05 Å². The lowest BCUT2D eigenvalue weighted by Crippen LogP contribution is -2.19. The van der Waals surface area contributed by atoms with Crippen molar-refractivity contribution in [3.63, 3.8) is 0 Å². The van der Waals surface area contributed by atoms with Gasteiger partial charge in [0.1, 0.15) is 0 Å². The molecule has 136 valence electrons. The average Bonchev–Trinajstić information content (AvgIpc) is 2.89. The number of benzene rings is 1. The van der Waals surface area contributed by atoms with Crippen molar-refractivity contribution in [1.29, 1.82) is 0 Å². The summed E-state index contributed by atoms with van der Waals surface area (Å²) in [4.78, 5) is 16.6. The second-order valence-corrected chi connectivity index (χ2v) is 7.11. The van der Waals surface area contributed by atoms with E-state index in [0.717, 1.165) is 39.1 Å². The van der Waals surface area contributed by atoms with E-state index in [1.165, 1.54) is 5.56 Å². The Balaban J connectivity index is 2.15. The molecule has 26 heavy (non-hydrogen) atoms. The van der Waals surface area contributed by atoms with Gasteiger partial charge in [0.05, 0.1) is 23.3 Å². The monoisotopic (exact) mass is 350 g/mol. The van der Waals surface area contributed by atoms with Crippen LogP contribution in [0, 0.1) is 20.8 Å². The molecule has 0 aliphatic rings. The van der Waals surface area contributed by atoms with Crippen LogP contribution in [0.4, 0.5) is 0 Å². The zero-order valence-corrected chi connectivity index (χ0v) is 16.3. The lowest BCUT2D eigenvalue weighted by Gasteiger charge is -2.11. The molecule has 0 unspecified atom stereocenters. The fourth-order valence-electron chi connectivity index (χ4n) is 3.50. The molecule has 1 amide bonds. The van der Waals surface area contributed by atoms with Gasteiger partial charge in [-0.3, -0.25) is 9.48 Å². The molecular formula is C21H26N4O. The Labute approximate surface area is 154 Å². The van der Waals surface area contributed by atoms with Crippen molar-refractivity contribution >= 4 is 16.8 Å². The van der Waals surface area contributed by atoms with E-state index in [9.17, 15) is 4.79 Å². The molecule has 1 N–H and O–H groups in total. The topological polar surface area (TPSA) is 59.8 Å². The molecule has 3 rings (SSSR count). The fourth-order valence-corrected chi connectivity index (χ4v) is 3.50. The number of hydrogen-bond donors (Lipinski definition) is 1. The normalized spacial score (nSPS) is 11.3. The standard InChI is InChI=1S/C21H26N4O/c1-12(2)25-15(5)21(14(4)24-25)19-9-13(3)17-8-7-16(10-18(17)23-19)11-20(26)22-6/h7-10,12H,11H2,1-6H3,(H,22,26). The van der Waals surface area contributed by atoms with Crippen LogP contribution < -0.4 is 5.32 Å². The lowest BCUT2D eigenvalue weighted by atomic mass is 10.0. The quantitative estimate of drug-likeness (QED) is 0.776. The van der Waals surface area contributed by atoms with Gasteiger partial charge in [-0.15, -0.1) is 0 Å². The molecule has 1 aromatic carbocycles. The molecule has 0 spiro atoms. The highest BCUT2D eigenvalue weighted by molar-refractivity contribution is 5.87. The highest BCUT2D eigenvalue weighted by atomic mass is 16.1. The van der Waals surface area contributed by atoms with Crippen molar-refractivity contribution in [2.45, 2.75) is 47.1 Å². The van der Waals surface area contributed by atoms with Gasteiger partial charge in [0, 0.05) is 29.7 Å². The zero-order valence-electron chi connectivity index (χ0n) is 16.3. The molecule has 0 bridgehead atoms. The van der Waals surface area contributed by atoms with Gasteiger partial charge in [-0.2, -0.15) is 5.10 Å². The first-order valence-electron chi connectivity index (χ1n) is 8.98. The van der Waals surface area contributed by atoms with E-state index in [4.69, 9.17) is 4.98 Å². The number of nitrogens with zero attached hydrogens (tertiary/aromatic N) is 3. The Hall–Kier alpha value is -2.69. The fraction of sp³-hybridized carbons (Fsp3) is 0.381. The molecule has 0 saturated heterocycles. The molecule has 0 atom stereocenters. The van der Waals surface area contributed by atoms with Crippen molar-refractivity contribution in [3.8, 4) is 11.3 Å². The lowest BCUT2D eigenvalue weighted by molar-refractivity contribution is -0.119. The number of fused-ring (bicyclic) bond motifs is 1. The predicted octanol–water partition coefficient (Wildman–Crippen LogP) is 3.89. The molecule has 0 aliphatic carbocycles. The van der Waals surface area contributed by atoms with E-state index >= 15 is 0 Å². The number of pyridine rings is 1. The molecule has 0 saturated carbocycles. The summed E-state index contributed by atoms with van der Waals surface area (Å²) in [5.74, 6) is 0.00197. The maximum atomic E-state index is 11.7. The number of aromatic nitrogens is 3. The number of nitrogens with one attached hydrogen (secondary N) is 1. The molecule has 2 heterocycles. The minimum absolute atomic E-state index is 0.00197. The Morgan fingerprint density at radius 2 is 1.92 bits per heavy atom. The molecule has 3 aromatic rings. The first kappa shape index (κ1) is 18.1. The number of carbonyl (C=O) groups is 1. The highest BCUT2D eigenvalue weighted by Gasteiger charge is 2.17. The highest BCUT2D eigenvalue weighted by Crippen LogP contribution is 2.30. The number of aryl methyl sites for hydroxylation is 2. The summed E-state index contributed by atoms with van der Waals surface area (Å²) in [6.07, 6.45) is 0.362. The van der Waals surface area contributed by atoms with E-state index in [0.29, 0.717) is 12.5 Å². The summed E-state index contributed by atoms with van der Waals surface area (Å²) < 4.78 is 2.05. The maximum absolute atomic E-state index is 11.7. The van der Waals surface area contributed by atoms with Crippen LogP contribution in [0.5, 0.6) is 0 Å². The minimum Gasteiger partial charge on any atom is -0.359 e. The van der Waals surface area contributed by atoms with E-state index < -0.39 is 0 Å². The van der Waals surface area contributed by atoms with Gasteiger partial charge in [-0.25, -0.2) is 4.98 Å². The maximum Gasteiger partial charge on any atom is 0.224 e. The van der Waals surface area contributed by atoms with Crippen molar-refractivity contribution in [3.05, 3.63) is 46.8 Å². The largest absolute Gasteiger partial charge is 0.359 e. The summed E-state index contributed by atoms with van der Waals surface area (Å²) in [6.45, 7) is 10.5. The van der Waals surface area contributed by atoms with Crippen LogP contribution in [-0.4, -0.2) is 27.7 Å². The molecular weight excluding hydrogens is 324 g/mol. The van der Waals surface area contributed by atoms with Crippen molar-refractivity contribution < 1.29 is 4.79 Å². The van der Waals surface area contributed by atoms with Crippen molar-refractivity contribution in [1.82, 2.24) is 20.1 Å². The summed E-state index contributed by atoms with van der Waals surface area (Å²) in [5, 5.41) is 8.47. The third kappa shape index (κ3) is 3.21. The Morgan fingerprint density at radius 1 is 1.19 bits per heavy atom. The first-order valence-corrected chi connectivity index (χ1v) is 8.98. The Kier molecular flexibility index (Phi) is 4.81. The molecule has 0 fully saturated rings.